The molecule has 3 rings (SSSR count). The van der Waals surface area contributed by atoms with Gasteiger partial charge in [-0.15, -0.1) is 0 Å². The van der Waals surface area contributed by atoms with Gasteiger partial charge in [-0.05, 0) is 36.8 Å². The lowest BCUT2D eigenvalue weighted by Gasteiger charge is -2.11. The number of hydrogen-bond acceptors (Lipinski definition) is 6. The van der Waals surface area contributed by atoms with Gasteiger partial charge < -0.3 is 14.2 Å². The molecule has 2 heterocycles. The fourth-order valence-corrected chi connectivity index (χ4v) is 2.55. The summed E-state index contributed by atoms with van der Waals surface area (Å²) in [5, 5.41) is 0. The fourth-order valence-electron chi connectivity index (χ4n) is 2.55. The van der Waals surface area contributed by atoms with Crippen LogP contribution in [0.2, 0.25) is 0 Å². The van der Waals surface area contributed by atoms with Gasteiger partial charge in [-0.2, -0.15) is 8.78 Å². The number of carbonyl (C=O) groups excluding carboxylic acids is 1. The van der Waals surface area contributed by atoms with Crippen LogP contribution in [0.1, 0.15) is 21.6 Å². The molecule has 0 fully saturated rings. The molecule has 2 aromatic heterocycles. The number of hydrogen-bond donors (Lipinski definition) is 0. The van der Waals surface area contributed by atoms with E-state index in [0.717, 1.165) is 11.6 Å². The van der Waals surface area contributed by atoms with E-state index in [-0.39, 0.29) is 34.9 Å². The van der Waals surface area contributed by atoms with Gasteiger partial charge in [-0.3, -0.25) is 9.20 Å². The van der Waals surface area contributed by atoms with E-state index in [2.05, 4.69) is 9.72 Å². The Morgan fingerprint density at radius 1 is 1.18 bits per heavy atom. The van der Waals surface area contributed by atoms with Crippen molar-refractivity contribution in [3.8, 4) is 11.5 Å². The van der Waals surface area contributed by atoms with Crippen LogP contribution in [0.4, 0.5) is 8.78 Å². The summed E-state index contributed by atoms with van der Waals surface area (Å²) >= 11 is 0. The molecule has 0 aliphatic heterocycles. The lowest BCUT2D eigenvalue weighted by Crippen LogP contribution is -2.17. The summed E-state index contributed by atoms with van der Waals surface area (Å²) < 4.78 is 40.8. The molecule has 7 nitrogen and oxygen atoms in total. The average Bonchev–Trinajstić information content (AvgIpc) is 2.66. The number of aryl methyl sites for hydroxylation is 1. The average molecular weight is 390 g/mol. The molecule has 0 amide bonds. The third kappa shape index (κ3) is 4.25. The van der Waals surface area contributed by atoms with Crippen molar-refractivity contribution >= 4 is 11.6 Å². The molecule has 0 N–H and O–H groups in total. The molecular weight excluding hydrogens is 374 g/mol. The lowest BCUT2D eigenvalue weighted by molar-refractivity contribution is -0.0513. The zero-order valence-electron chi connectivity index (χ0n) is 15.0. The predicted molar refractivity (Wildman–Crippen MR) is 94.9 cm³/mol. The zero-order valence-corrected chi connectivity index (χ0v) is 15.0. The van der Waals surface area contributed by atoms with Gasteiger partial charge in [-0.25, -0.2) is 9.78 Å². The number of fused-ring (bicyclic) bond motifs is 1. The van der Waals surface area contributed by atoms with Gasteiger partial charge in [-0.1, -0.05) is 6.07 Å². The van der Waals surface area contributed by atoms with Crippen LogP contribution in [-0.2, 0) is 11.3 Å². The first-order valence-corrected chi connectivity index (χ1v) is 8.16. The van der Waals surface area contributed by atoms with Crippen molar-refractivity contribution in [3.63, 3.8) is 0 Å². The van der Waals surface area contributed by atoms with E-state index in [1.54, 1.807) is 18.3 Å². The monoisotopic (exact) mass is 390 g/mol. The minimum Gasteiger partial charge on any atom is -0.493 e. The van der Waals surface area contributed by atoms with E-state index in [0.29, 0.717) is 5.65 Å². The normalized spacial score (nSPS) is 10.9. The molecule has 0 atom stereocenters. The maximum atomic E-state index is 12.5. The number of carbonyl (C=O) groups is 1. The minimum absolute atomic E-state index is 0.00964. The first-order chi connectivity index (χ1) is 13.4. The number of alkyl halides is 2. The second-order valence-corrected chi connectivity index (χ2v) is 5.84. The number of pyridine rings is 1. The van der Waals surface area contributed by atoms with Crippen LogP contribution >= 0.6 is 0 Å². The van der Waals surface area contributed by atoms with Crippen molar-refractivity contribution in [1.82, 2.24) is 9.38 Å². The Morgan fingerprint density at radius 3 is 2.68 bits per heavy atom. The van der Waals surface area contributed by atoms with Crippen LogP contribution in [-0.4, -0.2) is 29.1 Å². The summed E-state index contributed by atoms with van der Waals surface area (Å²) in [4.78, 5) is 28.7. The number of nitrogens with zero attached hydrogens (tertiary/aromatic N) is 2. The minimum atomic E-state index is -3.07. The van der Waals surface area contributed by atoms with Crippen LogP contribution in [0.3, 0.4) is 0 Å². The predicted octanol–water partition coefficient (Wildman–Crippen LogP) is 2.97. The van der Waals surface area contributed by atoms with E-state index in [9.17, 15) is 18.4 Å². The van der Waals surface area contributed by atoms with Crippen LogP contribution in [0, 0.1) is 6.92 Å². The van der Waals surface area contributed by atoms with Gasteiger partial charge >= 0.3 is 12.6 Å². The molecule has 0 unspecified atom stereocenters. The Kier molecular flexibility index (Phi) is 5.53. The lowest BCUT2D eigenvalue weighted by atomic mass is 10.2. The summed E-state index contributed by atoms with van der Waals surface area (Å²) in [7, 11) is 1.29. The van der Waals surface area contributed by atoms with Gasteiger partial charge in [0.25, 0.3) is 5.56 Å². The molecule has 3 aromatic rings. The van der Waals surface area contributed by atoms with Gasteiger partial charge in [0.05, 0.1) is 18.4 Å². The highest BCUT2D eigenvalue weighted by Gasteiger charge is 2.16. The van der Waals surface area contributed by atoms with Crippen molar-refractivity contribution in [1.29, 1.82) is 0 Å². The Bertz CT molecular complexity index is 1080. The molecule has 1 aromatic carbocycles. The highest BCUT2D eigenvalue weighted by atomic mass is 19.3. The summed E-state index contributed by atoms with van der Waals surface area (Å²) in [6, 6.07) is 8.51. The quantitative estimate of drug-likeness (QED) is 0.602. The van der Waals surface area contributed by atoms with Crippen molar-refractivity contribution in [2.24, 2.45) is 0 Å². The number of methoxy groups -OCH3 is 1. The van der Waals surface area contributed by atoms with Crippen LogP contribution < -0.4 is 15.0 Å². The van der Waals surface area contributed by atoms with E-state index < -0.39 is 12.6 Å². The van der Waals surface area contributed by atoms with Crippen molar-refractivity contribution in [3.05, 3.63) is 69.8 Å². The van der Waals surface area contributed by atoms with Gasteiger partial charge in [0.1, 0.15) is 12.3 Å². The highest BCUT2D eigenvalue weighted by molar-refractivity contribution is 5.90. The molecule has 0 radical (unpaired) electrons. The van der Waals surface area contributed by atoms with Crippen LogP contribution in [0.5, 0.6) is 11.5 Å². The number of esters is 1. The smallest absolute Gasteiger partial charge is 0.387 e. The largest absolute Gasteiger partial charge is 0.493 e. The Labute approximate surface area is 158 Å². The summed E-state index contributed by atoms with van der Waals surface area (Å²) in [6.45, 7) is -1.48. The van der Waals surface area contributed by atoms with E-state index in [4.69, 9.17) is 9.47 Å². The maximum Gasteiger partial charge on any atom is 0.387 e. The van der Waals surface area contributed by atoms with Crippen molar-refractivity contribution in [2.45, 2.75) is 20.1 Å². The summed E-state index contributed by atoms with van der Waals surface area (Å²) in [5.74, 6) is -1.02. The van der Waals surface area contributed by atoms with Crippen molar-refractivity contribution < 1.29 is 27.8 Å². The summed E-state index contributed by atoms with van der Waals surface area (Å²) in [6.07, 6.45) is 1.66. The first-order valence-electron chi connectivity index (χ1n) is 8.16. The first kappa shape index (κ1) is 19.3. The van der Waals surface area contributed by atoms with Gasteiger partial charge in [0.2, 0.25) is 0 Å². The Morgan fingerprint density at radius 2 is 1.96 bits per heavy atom. The topological polar surface area (TPSA) is 79.1 Å². The van der Waals surface area contributed by atoms with Gasteiger partial charge in [0.15, 0.2) is 11.5 Å². The standard InChI is InChI=1S/C19H16F2N2O5/c1-11-3-6-16-22-13(8-17(24)23(16)9-11)10-27-18(25)12-4-5-14(26-2)15(7-12)28-19(20)21/h3-9,19H,10H2,1-2H3. The van der Waals surface area contributed by atoms with Gasteiger partial charge in [0, 0.05) is 12.3 Å². The highest BCUT2D eigenvalue weighted by Crippen LogP contribution is 2.29. The SMILES string of the molecule is COc1ccc(C(=O)OCc2cc(=O)n3cc(C)ccc3n2)cc1OC(F)F. The molecule has 28 heavy (non-hydrogen) atoms. The number of rotatable bonds is 6. The number of halogens is 2. The molecule has 9 heteroatoms. The van der Waals surface area contributed by atoms with E-state index in [1.165, 1.54) is 29.7 Å². The molecular formula is C19H16F2N2O5. The molecule has 0 spiro atoms. The molecule has 0 bridgehead atoms. The van der Waals surface area contributed by atoms with Crippen LogP contribution in [0.15, 0.2) is 47.4 Å². The Balaban J connectivity index is 1.78. The molecule has 0 aliphatic carbocycles. The number of aromatic nitrogens is 2. The second kappa shape index (κ2) is 8.03. The maximum absolute atomic E-state index is 12.5. The second-order valence-electron chi connectivity index (χ2n) is 5.84. The van der Waals surface area contributed by atoms with Crippen molar-refractivity contribution in [2.75, 3.05) is 7.11 Å². The molecule has 0 saturated carbocycles. The fraction of sp³-hybridized carbons (Fsp3) is 0.211. The van der Waals surface area contributed by atoms with Crippen LogP contribution in [0.25, 0.3) is 5.65 Å². The molecule has 0 aliphatic rings. The van der Waals surface area contributed by atoms with E-state index in [1.807, 2.05) is 6.92 Å². The molecule has 146 valence electrons. The zero-order chi connectivity index (χ0) is 20.3. The number of ether oxygens (including phenoxy) is 3. The molecule has 0 saturated heterocycles. The number of benzene rings is 1. The Hall–Kier alpha value is -3.49. The third-order valence-electron chi connectivity index (χ3n) is 3.83. The third-order valence-corrected chi connectivity index (χ3v) is 3.83. The summed E-state index contributed by atoms with van der Waals surface area (Å²) in [5.41, 5.74) is 1.26. The van der Waals surface area contributed by atoms with E-state index >= 15 is 0 Å².